The highest BCUT2D eigenvalue weighted by Crippen LogP contribution is 2.52. The summed E-state index contributed by atoms with van der Waals surface area (Å²) >= 11 is 3.77. The summed E-state index contributed by atoms with van der Waals surface area (Å²) in [4.78, 5) is 2.39. The van der Waals surface area contributed by atoms with Gasteiger partial charge in [0.05, 0.1) is 0 Å². The molecule has 1 aliphatic carbocycles. The summed E-state index contributed by atoms with van der Waals surface area (Å²) in [5.74, 6) is 0. The van der Waals surface area contributed by atoms with Gasteiger partial charge < -0.3 is 4.90 Å². The third-order valence-electron chi connectivity index (χ3n) is 10.6. The topological polar surface area (TPSA) is 3.24 Å². The van der Waals surface area contributed by atoms with Crippen LogP contribution < -0.4 is 4.90 Å². The summed E-state index contributed by atoms with van der Waals surface area (Å²) in [5.41, 5.74) is 15.9. The Hall–Kier alpha value is -5.70. The summed E-state index contributed by atoms with van der Waals surface area (Å²) in [6.45, 7) is 4.75. The first kappa shape index (κ1) is 31.3. The normalized spacial score (nSPS) is 12.8. The molecule has 0 bridgehead atoms. The lowest BCUT2D eigenvalue weighted by atomic mass is 9.81. The highest BCUT2D eigenvalue weighted by molar-refractivity contribution is 9.10. The van der Waals surface area contributed by atoms with Crippen molar-refractivity contribution in [2.24, 2.45) is 0 Å². The minimum atomic E-state index is -0.179. The van der Waals surface area contributed by atoms with Gasteiger partial charge in [0.1, 0.15) is 0 Å². The van der Waals surface area contributed by atoms with Gasteiger partial charge in [0.25, 0.3) is 0 Å². The van der Waals surface area contributed by atoms with E-state index in [9.17, 15) is 0 Å². The Morgan fingerprint density at radius 2 is 0.804 bits per heavy atom. The van der Waals surface area contributed by atoms with E-state index in [0.717, 1.165) is 21.5 Å². The van der Waals surface area contributed by atoms with Crippen molar-refractivity contribution < 1.29 is 0 Å². The zero-order valence-corrected chi connectivity index (χ0v) is 30.2. The van der Waals surface area contributed by atoms with E-state index in [1.807, 2.05) is 0 Å². The highest BCUT2D eigenvalue weighted by Gasteiger charge is 2.36. The summed E-state index contributed by atoms with van der Waals surface area (Å²) in [6.07, 6.45) is 0. The fourth-order valence-electron chi connectivity index (χ4n) is 7.86. The van der Waals surface area contributed by atoms with Gasteiger partial charge in [-0.2, -0.15) is 0 Å². The molecule has 0 atom stereocenters. The van der Waals surface area contributed by atoms with Crippen LogP contribution in [-0.4, -0.2) is 0 Å². The summed E-state index contributed by atoms with van der Waals surface area (Å²) in [6, 6.07) is 66.2. The number of rotatable bonds is 6. The number of halogens is 1. The first-order valence-corrected chi connectivity index (χ1v) is 18.3. The average molecular weight is 719 g/mol. The molecule has 244 valence electrons. The monoisotopic (exact) mass is 717 g/mol. The molecular weight excluding hydrogens is 682 g/mol. The Kier molecular flexibility index (Phi) is 7.71. The molecule has 0 unspecified atom stereocenters. The van der Waals surface area contributed by atoms with Gasteiger partial charge in [-0.25, -0.2) is 0 Å². The van der Waals surface area contributed by atoms with Crippen molar-refractivity contribution in [1.82, 2.24) is 0 Å². The van der Waals surface area contributed by atoms with E-state index in [-0.39, 0.29) is 5.41 Å². The molecule has 0 aliphatic heterocycles. The average Bonchev–Trinajstić information content (AvgIpc) is 3.41. The minimum absolute atomic E-state index is 0.179. The Balaban J connectivity index is 1.13. The second kappa shape index (κ2) is 12.6. The van der Waals surface area contributed by atoms with Crippen molar-refractivity contribution in [2.45, 2.75) is 19.3 Å². The molecule has 0 radical (unpaired) electrons. The molecule has 0 amide bonds. The van der Waals surface area contributed by atoms with E-state index < -0.39 is 0 Å². The first-order chi connectivity index (χ1) is 25.0. The van der Waals surface area contributed by atoms with Gasteiger partial charge in [0, 0.05) is 26.9 Å². The van der Waals surface area contributed by atoms with Crippen molar-refractivity contribution in [2.75, 3.05) is 4.90 Å². The minimum Gasteiger partial charge on any atom is -0.310 e. The number of fused-ring (bicyclic) bond motifs is 4. The molecular formula is C49H36BrN. The number of anilines is 3. The van der Waals surface area contributed by atoms with Gasteiger partial charge in [-0.15, -0.1) is 0 Å². The summed E-state index contributed by atoms with van der Waals surface area (Å²) in [7, 11) is 0. The molecule has 0 N–H and O–H groups in total. The molecule has 0 aromatic heterocycles. The molecule has 9 rings (SSSR count). The number of hydrogen-bond donors (Lipinski definition) is 0. The molecule has 51 heavy (non-hydrogen) atoms. The summed E-state index contributed by atoms with van der Waals surface area (Å²) in [5, 5.41) is 2.49. The van der Waals surface area contributed by atoms with E-state index in [4.69, 9.17) is 0 Å². The second-order valence-corrected chi connectivity index (χ2v) is 14.8. The molecule has 0 fully saturated rings. The van der Waals surface area contributed by atoms with Crippen molar-refractivity contribution in [3.63, 3.8) is 0 Å². The van der Waals surface area contributed by atoms with Gasteiger partial charge in [-0.05, 0) is 115 Å². The van der Waals surface area contributed by atoms with Crippen LogP contribution in [0.15, 0.2) is 186 Å². The number of nitrogens with zero attached hydrogens (tertiary/aromatic N) is 1. The lowest BCUT2D eigenvalue weighted by Gasteiger charge is -2.28. The van der Waals surface area contributed by atoms with Crippen LogP contribution in [0.2, 0.25) is 0 Å². The van der Waals surface area contributed by atoms with Crippen LogP contribution >= 0.6 is 15.9 Å². The number of hydrogen-bond acceptors (Lipinski definition) is 1. The first-order valence-electron chi connectivity index (χ1n) is 17.5. The van der Waals surface area contributed by atoms with Gasteiger partial charge >= 0.3 is 0 Å². The standard InChI is InChI=1S/C49H36BrN/c1-49(2)46-31-37(41-29-30-48(50)45-16-10-9-15-42(41)45)21-27-43(46)44-28-26-40(32-47(44)49)51(38-22-17-35(18-23-38)33-11-5-3-6-12-33)39-24-19-36(20-25-39)34-13-7-4-8-14-34/h3-32H,1-2H3. The number of benzene rings is 8. The van der Waals surface area contributed by atoms with Crippen LogP contribution in [0, 0.1) is 0 Å². The van der Waals surface area contributed by atoms with Crippen LogP contribution in [-0.2, 0) is 5.41 Å². The highest BCUT2D eigenvalue weighted by atomic mass is 79.9. The fraction of sp³-hybridized carbons (Fsp3) is 0.0612. The Morgan fingerprint density at radius 3 is 1.39 bits per heavy atom. The third kappa shape index (κ3) is 5.48. The van der Waals surface area contributed by atoms with Gasteiger partial charge in [0.2, 0.25) is 0 Å². The molecule has 1 aliphatic rings. The molecule has 0 saturated heterocycles. The van der Waals surface area contributed by atoms with E-state index in [1.54, 1.807) is 0 Å². The third-order valence-corrected chi connectivity index (χ3v) is 11.3. The zero-order valence-electron chi connectivity index (χ0n) is 28.6. The molecule has 8 aromatic rings. The molecule has 1 nitrogen and oxygen atoms in total. The molecule has 2 heteroatoms. The lowest BCUT2D eigenvalue weighted by molar-refractivity contribution is 0.660. The van der Waals surface area contributed by atoms with Crippen molar-refractivity contribution in [1.29, 1.82) is 0 Å². The zero-order chi connectivity index (χ0) is 34.5. The van der Waals surface area contributed by atoms with Crippen LogP contribution in [0.5, 0.6) is 0 Å². The van der Waals surface area contributed by atoms with E-state index in [1.165, 1.54) is 66.4 Å². The maximum atomic E-state index is 3.77. The smallest absolute Gasteiger partial charge is 0.0465 e. The lowest BCUT2D eigenvalue weighted by Crippen LogP contribution is -2.16. The largest absolute Gasteiger partial charge is 0.310 e. The summed E-state index contributed by atoms with van der Waals surface area (Å²) < 4.78 is 1.12. The van der Waals surface area contributed by atoms with Crippen LogP contribution in [0.1, 0.15) is 25.0 Å². The van der Waals surface area contributed by atoms with Crippen LogP contribution in [0.25, 0.3) is 55.3 Å². The van der Waals surface area contributed by atoms with Crippen molar-refractivity contribution >= 4 is 43.8 Å². The van der Waals surface area contributed by atoms with Crippen LogP contribution in [0.3, 0.4) is 0 Å². The maximum Gasteiger partial charge on any atom is 0.0465 e. The van der Waals surface area contributed by atoms with E-state index in [2.05, 4.69) is 217 Å². The Morgan fingerprint density at radius 1 is 0.373 bits per heavy atom. The molecule has 0 saturated carbocycles. The van der Waals surface area contributed by atoms with E-state index in [0.29, 0.717) is 0 Å². The van der Waals surface area contributed by atoms with Crippen LogP contribution in [0.4, 0.5) is 17.1 Å². The van der Waals surface area contributed by atoms with E-state index >= 15 is 0 Å². The SMILES string of the molecule is CC1(C)c2cc(-c3ccc(Br)c4ccccc34)ccc2-c2ccc(N(c3ccc(-c4ccccc4)cc3)c3ccc(-c4ccccc4)cc3)cc21. The van der Waals surface area contributed by atoms with Gasteiger partial charge in [-0.3, -0.25) is 0 Å². The Labute approximate surface area is 308 Å². The predicted octanol–water partition coefficient (Wildman–Crippen LogP) is 14.4. The van der Waals surface area contributed by atoms with Gasteiger partial charge in [-0.1, -0.05) is 163 Å². The fourth-order valence-corrected chi connectivity index (χ4v) is 8.34. The molecule has 0 heterocycles. The Bertz CT molecular complexity index is 2450. The molecule has 8 aromatic carbocycles. The van der Waals surface area contributed by atoms with Crippen molar-refractivity contribution in [3.8, 4) is 44.5 Å². The quantitative estimate of drug-likeness (QED) is 0.165. The van der Waals surface area contributed by atoms with Crippen molar-refractivity contribution in [3.05, 3.63) is 198 Å². The van der Waals surface area contributed by atoms with Gasteiger partial charge in [0.15, 0.2) is 0 Å². The predicted molar refractivity (Wildman–Crippen MR) is 220 cm³/mol. The molecule has 0 spiro atoms. The maximum absolute atomic E-state index is 3.77. The second-order valence-electron chi connectivity index (χ2n) is 13.9.